The third-order valence-electron chi connectivity index (χ3n) is 1.98. The van der Waals surface area contributed by atoms with Crippen LogP contribution in [0.25, 0.3) is 0 Å². The van der Waals surface area contributed by atoms with Crippen LogP contribution in [0, 0.1) is 5.41 Å². The number of likely N-dealkylation sites (N-methyl/N-ethyl adjacent to an activating group) is 1. The summed E-state index contributed by atoms with van der Waals surface area (Å²) in [5.74, 6) is 0. The molecule has 0 amide bonds. The standard InChI is InChI=1S/C10H24N2/c1-10(2,3)6-5-8-12(4)9-7-11/h5-9,11H2,1-4H3. The van der Waals surface area contributed by atoms with E-state index in [-0.39, 0.29) is 0 Å². The molecule has 0 radical (unpaired) electrons. The third-order valence-corrected chi connectivity index (χ3v) is 1.98. The Hall–Kier alpha value is -0.0800. The van der Waals surface area contributed by atoms with E-state index in [1.807, 2.05) is 0 Å². The molecular formula is C10H24N2. The Kier molecular flexibility index (Phi) is 5.51. The van der Waals surface area contributed by atoms with E-state index >= 15 is 0 Å². The van der Waals surface area contributed by atoms with Crippen LogP contribution in [0.5, 0.6) is 0 Å². The van der Waals surface area contributed by atoms with Gasteiger partial charge in [-0.05, 0) is 31.8 Å². The molecule has 0 bridgehead atoms. The maximum absolute atomic E-state index is 5.45. The van der Waals surface area contributed by atoms with Crippen molar-refractivity contribution in [3.05, 3.63) is 0 Å². The van der Waals surface area contributed by atoms with Gasteiger partial charge in [0.1, 0.15) is 0 Å². The van der Waals surface area contributed by atoms with Gasteiger partial charge in [-0.3, -0.25) is 0 Å². The van der Waals surface area contributed by atoms with Crippen molar-refractivity contribution in [2.45, 2.75) is 33.6 Å². The second-order valence-corrected chi connectivity index (χ2v) is 4.76. The fraction of sp³-hybridized carbons (Fsp3) is 1.00. The molecule has 0 unspecified atom stereocenters. The lowest BCUT2D eigenvalue weighted by Crippen LogP contribution is -2.27. The van der Waals surface area contributed by atoms with Gasteiger partial charge >= 0.3 is 0 Å². The Morgan fingerprint density at radius 3 is 2.17 bits per heavy atom. The molecule has 0 rings (SSSR count). The summed E-state index contributed by atoms with van der Waals surface area (Å²) in [7, 11) is 2.13. The van der Waals surface area contributed by atoms with Gasteiger partial charge < -0.3 is 10.6 Å². The summed E-state index contributed by atoms with van der Waals surface area (Å²) in [6.45, 7) is 9.83. The lowest BCUT2D eigenvalue weighted by atomic mass is 9.90. The highest BCUT2D eigenvalue weighted by molar-refractivity contribution is 4.62. The highest BCUT2D eigenvalue weighted by atomic mass is 15.1. The minimum Gasteiger partial charge on any atom is -0.329 e. The van der Waals surface area contributed by atoms with Crippen LogP contribution >= 0.6 is 0 Å². The Labute approximate surface area is 77.1 Å². The number of rotatable bonds is 5. The van der Waals surface area contributed by atoms with E-state index in [1.165, 1.54) is 19.4 Å². The van der Waals surface area contributed by atoms with Gasteiger partial charge in [-0.15, -0.1) is 0 Å². The monoisotopic (exact) mass is 172 g/mol. The summed E-state index contributed by atoms with van der Waals surface area (Å²) in [5.41, 5.74) is 5.92. The molecule has 0 aliphatic rings. The maximum atomic E-state index is 5.45. The predicted molar refractivity (Wildman–Crippen MR) is 55.2 cm³/mol. The summed E-state index contributed by atoms with van der Waals surface area (Å²) in [5, 5.41) is 0. The van der Waals surface area contributed by atoms with Crippen LogP contribution in [0.1, 0.15) is 33.6 Å². The quantitative estimate of drug-likeness (QED) is 0.684. The number of hydrogen-bond donors (Lipinski definition) is 1. The lowest BCUT2D eigenvalue weighted by Gasteiger charge is -2.20. The van der Waals surface area contributed by atoms with Gasteiger partial charge in [0, 0.05) is 13.1 Å². The van der Waals surface area contributed by atoms with E-state index in [0.717, 1.165) is 13.1 Å². The van der Waals surface area contributed by atoms with Crippen molar-refractivity contribution in [1.82, 2.24) is 4.90 Å². The van der Waals surface area contributed by atoms with Crippen LogP contribution in [0.2, 0.25) is 0 Å². The Morgan fingerprint density at radius 2 is 1.75 bits per heavy atom. The highest BCUT2D eigenvalue weighted by Crippen LogP contribution is 2.20. The van der Waals surface area contributed by atoms with Gasteiger partial charge in [-0.2, -0.15) is 0 Å². The molecule has 2 N–H and O–H groups in total. The van der Waals surface area contributed by atoms with Crippen LogP contribution < -0.4 is 5.73 Å². The van der Waals surface area contributed by atoms with Crippen LogP contribution in [0.15, 0.2) is 0 Å². The Bertz CT molecular complexity index is 105. The zero-order valence-corrected chi connectivity index (χ0v) is 9.06. The van der Waals surface area contributed by atoms with E-state index in [0.29, 0.717) is 5.41 Å². The van der Waals surface area contributed by atoms with Crippen molar-refractivity contribution >= 4 is 0 Å². The van der Waals surface area contributed by atoms with Crippen molar-refractivity contribution < 1.29 is 0 Å². The van der Waals surface area contributed by atoms with E-state index in [1.54, 1.807) is 0 Å². The number of nitrogens with zero attached hydrogens (tertiary/aromatic N) is 1. The van der Waals surface area contributed by atoms with Gasteiger partial charge in [-0.25, -0.2) is 0 Å². The molecule has 0 aromatic carbocycles. The molecule has 74 valence electrons. The predicted octanol–water partition coefficient (Wildman–Crippen LogP) is 1.70. The molecule has 0 aromatic heterocycles. The Morgan fingerprint density at radius 1 is 1.17 bits per heavy atom. The second-order valence-electron chi connectivity index (χ2n) is 4.76. The molecule has 0 fully saturated rings. The zero-order valence-electron chi connectivity index (χ0n) is 9.06. The highest BCUT2D eigenvalue weighted by Gasteiger charge is 2.09. The van der Waals surface area contributed by atoms with Crippen molar-refractivity contribution in [2.24, 2.45) is 11.1 Å². The van der Waals surface area contributed by atoms with E-state index in [2.05, 4.69) is 32.7 Å². The number of hydrogen-bond acceptors (Lipinski definition) is 2. The lowest BCUT2D eigenvalue weighted by molar-refractivity contribution is 0.292. The largest absolute Gasteiger partial charge is 0.329 e. The smallest absolute Gasteiger partial charge is 0.0102 e. The fourth-order valence-electron chi connectivity index (χ4n) is 1.21. The summed E-state index contributed by atoms with van der Waals surface area (Å²) >= 11 is 0. The van der Waals surface area contributed by atoms with Crippen molar-refractivity contribution in [3.63, 3.8) is 0 Å². The molecule has 0 spiro atoms. The molecule has 0 aliphatic carbocycles. The number of nitrogens with two attached hydrogens (primary N) is 1. The Balaban J connectivity index is 3.31. The molecule has 2 nitrogen and oxygen atoms in total. The van der Waals surface area contributed by atoms with Crippen LogP contribution in [-0.2, 0) is 0 Å². The van der Waals surface area contributed by atoms with Crippen LogP contribution in [0.4, 0.5) is 0 Å². The van der Waals surface area contributed by atoms with Gasteiger partial charge in [0.25, 0.3) is 0 Å². The third kappa shape index (κ3) is 8.02. The van der Waals surface area contributed by atoms with E-state index in [9.17, 15) is 0 Å². The molecule has 0 aliphatic heterocycles. The van der Waals surface area contributed by atoms with Crippen molar-refractivity contribution in [2.75, 3.05) is 26.7 Å². The summed E-state index contributed by atoms with van der Waals surface area (Å²) in [6, 6.07) is 0. The fourth-order valence-corrected chi connectivity index (χ4v) is 1.21. The topological polar surface area (TPSA) is 29.3 Å². The zero-order chi connectivity index (χ0) is 9.61. The first-order valence-electron chi connectivity index (χ1n) is 4.84. The molecule has 12 heavy (non-hydrogen) atoms. The normalized spacial score (nSPS) is 12.5. The van der Waals surface area contributed by atoms with Gasteiger partial charge in [0.05, 0.1) is 0 Å². The summed E-state index contributed by atoms with van der Waals surface area (Å²) in [4.78, 5) is 2.30. The average Bonchev–Trinajstić information content (AvgIpc) is 1.84. The van der Waals surface area contributed by atoms with Crippen molar-refractivity contribution in [3.8, 4) is 0 Å². The second kappa shape index (κ2) is 5.55. The van der Waals surface area contributed by atoms with Gasteiger partial charge in [-0.1, -0.05) is 20.8 Å². The minimum absolute atomic E-state index is 0.476. The maximum Gasteiger partial charge on any atom is 0.0102 e. The van der Waals surface area contributed by atoms with Gasteiger partial charge in [0.15, 0.2) is 0 Å². The first kappa shape index (κ1) is 11.9. The average molecular weight is 172 g/mol. The molecule has 0 aromatic rings. The molecule has 0 atom stereocenters. The first-order chi connectivity index (χ1) is 5.45. The van der Waals surface area contributed by atoms with E-state index in [4.69, 9.17) is 5.73 Å². The van der Waals surface area contributed by atoms with Crippen molar-refractivity contribution in [1.29, 1.82) is 0 Å². The molecule has 2 heteroatoms. The molecular weight excluding hydrogens is 148 g/mol. The van der Waals surface area contributed by atoms with Crippen LogP contribution in [-0.4, -0.2) is 31.6 Å². The van der Waals surface area contributed by atoms with Gasteiger partial charge in [0.2, 0.25) is 0 Å². The SMILES string of the molecule is CN(CCN)CCCC(C)(C)C. The summed E-state index contributed by atoms with van der Waals surface area (Å²) in [6.07, 6.45) is 2.57. The minimum atomic E-state index is 0.476. The first-order valence-corrected chi connectivity index (χ1v) is 4.84. The molecule has 0 saturated carbocycles. The van der Waals surface area contributed by atoms with E-state index < -0.39 is 0 Å². The summed E-state index contributed by atoms with van der Waals surface area (Å²) < 4.78 is 0. The molecule has 0 saturated heterocycles. The molecule has 0 heterocycles. The van der Waals surface area contributed by atoms with Crippen LogP contribution in [0.3, 0.4) is 0 Å².